The second-order valence-electron chi connectivity index (χ2n) is 6.09. The Balaban J connectivity index is 1.36. The van der Waals surface area contributed by atoms with Crippen LogP contribution in [0.3, 0.4) is 0 Å². The number of benzene rings is 2. The first-order valence-electron chi connectivity index (χ1n) is 8.94. The quantitative estimate of drug-likeness (QED) is 0.169. The molecule has 4 rings (SSSR count). The molecule has 0 unspecified atom stereocenters. The molecule has 0 bridgehead atoms. The topological polar surface area (TPSA) is 76.7 Å². The van der Waals surface area contributed by atoms with E-state index in [2.05, 4.69) is 15.5 Å². The lowest BCUT2D eigenvalue weighted by molar-refractivity contribution is -0.128. The Morgan fingerprint density at radius 2 is 1.90 bits per heavy atom. The van der Waals surface area contributed by atoms with Gasteiger partial charge in [-0.15, -0.1) is 0 Å². The molecule has 0 aliphatic heterocycles. The second-order valence-corrected chi connectivity index (χ2v) is 6.09. The molecule has 0 saturated heterocycles. The third-order valence-electron chi connectivity index (χ3n) is 4.06. The third kappa shape index (κ3) is 4.75. The van der Waals surface area contributed by atoms with Gasteiger partial charge in [0.15, 0.2) is 0 Å². The van der Waals surface area contributed by atoms with Crippen LogP contribution in [0.2, 0.25) is 0 Å². The van der Waals surface area contributed by atoms with E-state index in [1.807, 2.05) is 42.5 Å². The first kappa shape index (κ1) is 18.2. The number of ether oxygens (including phenoxy) is 1. The molecule has 2 aromatic carbocycles. The van der Waals surface area contributed by atoms with Gasteiger partial charge in [-0.3, -0.25) is 10.4 Å². The molecule has 2 heterocycles. The van der Waals surface area contributed by atoms with Gasteiger partial charge in [0.1, 0.15) is 11.5 Å². The molecule has 0 spiro atoms. The number of pyridine rings is 1. The van der Waals surface area contributed by atoms with Crippen LogP contribution < -0.4 is 10.2 Å². The van der Waals surface area contributed by atoms with Gasteiger partial charge in [-0.05, 0) is 60.2 Å². The Morgan fingerprint density at radius 3 is 2.72 bits per heavy atom. The van der Waals surface area contributed by atoms with Crippen molar-refractivity contribution in [3.05, 3.63) is 96.6 Å². The predicted octanol–water partition coefficient (Wildman–Crippen LogP) is 4.89. The minimum absolute atomic E-state index is 0.447. The highest BCUT2D eigenvalue weighted by atomic mass is 16.5. The lowest BCUT2D eigenvalue weighted by Crippen LogP contribution is -2.03. The number of aromatic nitrogens is 1. The predicted molar refractivity (Wildman–Crippen MR) is 113 cm³/mol. The second kappa shape index (κ2) is 8.67. The molecular formula is C23H17N3O3. The SMILES string of the molecule is O=C(/C=C/c1ccco1)Oc1ccc(/C=N/Nc2cccc3cccnc23)cc1. The number of hydrazone groups is 1. The van der Waals surface area contributed by atoms with Crippen molar-refractivity contribution in [2.45, 2.75) is 0 Å². The van der Waals surface area contributed by atoms with Gasteiger partial charge in [0, 0.05) is 17.7 Å². The molecule has 0 saturated carbocycles. The normalized spacial score (nSPS) is 11.3. The Hall–Kier alpha value is -4.19. The van der Waals surface area contributed by atoms with Crippen molar-refractivity contribution in [3.63, 3.8) is 0 Å². The molecule has 29 heavy (non-hydrogen) atoms. The van der Waals surface area contributed by atoms with Gasteiger partial charge in [0.2, 0.25) is 0 Å². The molecule has 0 aliphatic carbocycles. The Bertz CT molecular complexity index is 1160. The van der Waals surface area contributed by atoms with Crippen molar-refractivity contribution < 1.29 is 13.9 Å². The van der Waals surface area contributed by atoms with Crippen molar-refractivity contribution in [2.75, 3.05) is 5.43 Å². The minimum atomic E-state index is -0.479. The number of carbonyl (C=O) groups excluding carboxylic acids is 1. The zero-order chi connectivity index (χ0) is 19.9. The largest absolute Gasteiger partial charge is 0.465 e. The van der Waals surface area contributed by atoms with E-state index in [9.17, 15) is 4.79 Å². The summed E-state index contributed by atoms with van der Waals surface area (Å²) in [5.74, 6) is 0.554. The molecule has 6 heteroatoms. The van der Waals surface area contributed by atoms with Gasteiger partial charge in [-0.1, -0.05) is 18.2 Å². The smallest absolute Gasteiger partial charge is 0.336 e. The number of hydrogen-bond donors (Lipinski definition) is 1. The number of anilines is 1. The van der Waals surface area contributed by atoms with Crippen molar-refractivity contribution >= 4 is 34.9 Å². The van der Waals surface area contributed by atoms with E-state index in [1.54, 1.807) is 42.8 Å². The van der Waals surface area contributed by atoms with E-state index >= 15 is 0 Å². The van der Waals surface area contributed by atoms with Gasteiger partial charge in [0.05, 0.1) is 23.7 Å². The third-order valence-corrected chi connectivity index (χ3v) is 4.06. The van der Waals surface area contributed by atoms with Gasteiger partial charge in [-0.25, -0.2) is 4.79 Å². The Labute approximate surface area is 167 Å². The summed E-state index contributed by atoms with van der Waals surface area (Å²) in [6.45, 7) is 0. The fourth-order valence-corrected chi connectivity index (χ4v) is 2.68. The Kier molecular flexibility index (Phi) is 5.43. The standard InChI is InChI=1S/C23H17N3O3/c27-22(13-12-19-6-3-15-28-19)29-20-10-8-17(9-11-20)16-25-26-21-7-1-4-18-5-2-14-24-23(18)21/h1-16,26H/b13-12+,25-16+. The molecule has 2 aromatic heterocycles. The van der Waals surface area contributed by atoms with Crippen molar-refractivity contribution in [2.24, 2.45) is 5.10 Å². The molecular weight excluding hydrogens is 366 g/mol. The number of nitrogens with one attached hydrogen (secondary N) is 1. The summed E-state index contributed by atoms with van der Waals surface area (Å²) in [7, 11) is 0. The van der Waals surface area contributed by atoms with E-state index in [0.717, 1.165) is 22.2 Å². The summed E-state index contributed by atoms with van der Waals surface area (Å²) in [6.07, 6.45) is 7.84. The van der Waals surface area contributed by atoms with Gasteiger partial charge in [-0.2, -0.15) is 5.10 Å². The summed E-state index contributed by atoms with van der Waals surface area (Å²) in [5.41, 5.74) is 5.56. The fourth-order valence-electron chi connectivity index (χ4n) is 2.68. The van der Waals surface area contributed by atoms with Crippen LogP contribution in [-0.2, 0) is 4.79 Å². The number of furan rings is 1. The number of hydrogen-bond acceptors (Lipinski definition) is 6. The number of para-hydroxylation sites is 1. The molecule has 6 nitrogen and oxygen atoms in total. The van der Waals surface area contributed by atoms with Crippen LogP contribution in [0.1, 0.15) is 11.3 Å². The first-order valence-corrected chi connectivity index (χ1v) is 8.94. The maximum atomic E-state index is 11.8. The van der Waals surface area contributed by atoms with Gasteiger partial charge < -0.3 is 9.15 Å². The summed E-state index contributed by atoms with van der Waals surface area (Å²) in [4.78, 5) is 16.2. The van der Waals surface area contributed by atoms with E-state index in [1.165, 1.54) is 12.3 Å². The molecule has 0 radical (unpaired) electrons. The van der Waals surface area contributed by atoms with Gasteiger partial charge in [0.25, 0.3) is 0 Å². The summed E-state index contributed by atoms with van der Waals surface area (Å²) in [5, 5.41) is 5.31. The zero-order valence-electron chi connectivity index (χ0n) is 15.4. The number of esters is 1. The molecule has 0 atom stereocenters. The van der Waals surface area contributed by atoms with E-state index in [4.69, 9.17) is 9.15 Å². The highest BCUT2D eigenvalue weighted by Gasteiger charge is 2.02. The van der Waals surface area contributed by atoms with Crippen molar-refractivity contribution in [1.82, 2.24) is 4.98 Å². The van der Waals surface area contributed by atoms with E-state index in [0.29, 0.717) is 11.5 Å². The fraction of sp³-hybridized carbons (Fsp3) is 0. The number of fused-ring (bicyclic) bond motifs is 1. The molecule has 0 fully saturated rings. The highest BCUT2D eigenvalue weighted by molar-refractivity contribution is 5.91. The molecule has 142 valence electrons. The number of rotatable bonds is 6. The monoisotopic (exact) mass is 383 g/mol. The van der Waals surface area contributed by atoms with Crippen LogP contribution in [-0.4, -0.2) is 17.2 Å². The molecule has 0 amide bonds. The highest BCUT2D eigenvalue weighted by Crippen LogP contribution is 2.20. The van der Waals surface area contributed by atoms with Crippen LogP contribution >= 0.6 is 0 Å². The zero-order valence-corrected chi connectivity index (χ0v) is 15.4. The Morgan fingerprint density at radius 1 is 1.03 bits per heavy atom. The molecule has 4 aromatic rings. The van der Waals surface area contributed by atoms with Gasteiger partial charge >= 0.3 is 5.97 Å². The average molecular weight is 383 g/mol. The summed E-state index contributed by atoms with van der Waals surface area (Å²) >= 11 is 0. The van der Waals surface area contributed by atoms with Crippen molar-refractivity contribution in [3.8, 4) is 5.75 Å². The summed E-state index contributed by atoms with van der Waals surface area (Å²) < 4.78 is 10.4. The minimum Gasteiger partial charge on any atom is -0.465 e. The van der Waals surface area contributed by atoms with Crippen LogP contribution in [0.15, 0.2) is 94.8 Å². The average Bonchev–Trinajstić information content (AvgIpc) is 3.27. The first-order chi connectivity index (χ1) is 14.3. The van der Waals surface area contributed by atoms with Crippen LogP contribution in [0.4, 0.5) is 5.69 Å². The number of nitrogens with zero attached hydrogens (tertiary/aromatic N) is 2. The summed E-state index contributed by atoms with van der Waals surface area (Å²) in [6, 6.07) is 20.3. The van der Waals surface area contributed by atoms with E-state index < -0.39 is 5.97 Å². The van der Waals surface area contributed by atoms with Crippen LogP contribution in [0.5, 0.6) is 5.75 Å². The van der Waals surface area contributed by atoms with Crippen molar-refractivity contribution in [1.29, 1.82) is 0 Å². The lowest BCUT2D eigenvalue weighted by atomic mass is 10.2. The van der Waals surface area contributed by atoms with Crippen LogP contribution in [0, 0.1) is 0 Å². The molecule has 0 aliphatic rings. The molecule has 1 N–H and O–H groups in total. The lowest BCUT2D eigenvalue weighted by Gasteiger charge is -2.04. The van der Waals surface area contributed by atoms with E-state index in [-0.39, 0.29) is 0 Å². The maximum absolute atomic E-state index is 11.8. The maximum Gasteiger partial charge on any atom is 0.336 e. The number of carbonyl (C=O) groups is 1. The van der Waals surface area contributed by atoms with Crippen LogP contribution in [0.25, 0.3) is 17.0 Å².